The number of hydrogen-bond donors (Lipinski definition) is 3. The largest absolute Gasteiger partial charge is 0.463 e. The fourth-order valence-corrected chi connectivity index (χ4v) is 4.92. The predicted molar refractivity (Wildman–Crippen MR) is 111 cm³/mol. The minimum absolute atomic E-state index is 0.141. The summed E-state index contributed by atoms with van der Waals surface area (Å²) in [6.07, 6.45) is 0. The Morgan fingerprint density at radius 2 is 2.04 bits per heavy atom. The first kappa shape index (κ1) is 20.4. The van der Waals surface area contributed by atoms with Crippen LogP contribution in [-0.4, -0.2) is 40.4 Å². The summed E-state index contributed by atoms with van der Waals surface area (Å²) in [6.45, 7) is 7.63. The Kier molecular flexibility index (Phi) is 6.09. The Labute approximate surface area is 170 Å². The van der Waals surface area contributed by atoms with Crippen LogP contribution in [0, 0.1) is 13.8 Å². The SMILES string of the molecule is CCOC(=O)C1=C(CSCc2nc3sc(C)c(C)c3c(=O)[nH]2)NC(=O)N[C@@H]1C. The Morgan fingerprint density at radius 3 is 2.75 bits per heavy atom. The third-order valence-electron chi connectivity index (χ3n) is 4.44. The van der Waals surface area contributed by atoms with Crippen molar-refractivity contribution < 1.29 is 14.3 Å². The van der Waals surface area contributed by atoms with Gasteiger partial charge in [0.05, 0.1) is 29.4 Å². The Balaban J connectivity index is 1.78. The lowest BCUT2D eigenvalue weighted by Gasteiger charge is -2.26. The molecule has 3 rings (SSSR count). The molecule has 0 aliphatic carbocycles. The van der Waals surface area contributed by atoms with E-state index < -0.39 is 12.0 Å². The molecule has 8 nitrogen and oxygen atoms in total. The van der Waals surface area contributed by atoms with Crippen LogP contribution < -0.4 is 16.2 Å². The fraction of sp³-hybridized carbons (Fsp3) is 0.444. The van der Waals surface area contributed by atoms with Gasteiger partial charge in [-0.15, -0.1) is 23.1 Å². The zero-order valence-electron chi connectivity index (χ0n) is 16.1. The van der Waals surface area contributed by atoms with E-state index in [4.69, 9.17) is 4.74 Å². The van der Waals surface area contributed by atoms with Gasteiger partial charge in [0.2, 0.25) is 0 Å². The Morgan fingerprint density at radius 1 is 1.29 bits per heavy atom. The molecule has 10 heteroatoms. The number of esters is 1. The average molecular weight is 423 g/mol. The van der Waals surface area contributed by atoms with Gasteiger partial charge in [-0.25, -0.2) is 14.6 Å². The van der Waals surface area contributed by atoms with Crippen molar-refractivity contribution in [3.63, 3.8) is 0 Å². The van der Waals surface area contributed by atoms with Gasteiger partial charge in [-0.3, -0.25) is 4.79 Å². The zero-order chi connectivity index (χ0) is 20.4. The van der Waals surface area contributed by atoms with Crippen LogP contribution in [0.5, 0.6) is 0 Å². The molecule has 0 spiro atoms. The van der Waals surface area contributed by atoms with Crippen LogP contribution >= 0.6 is 23.1 Å². The van der Waals surface area contributed by atoms with E-state index in [2.05, 4.69) is 20.6 Å². The molecule has 2 amide bonds. The molecule has 1 atom stereocenters. The van der Waals surface area contributed by atoms with E-state index in [1.807, 2.05) is 13.8 Å². The second-order valence-corrected chi connectivity index (χ2v) is 8.59. The molecule has 0 saturated heterocycles. The van der Waals surface area contributed by atoms with Crippen molar-refractivity contribution in [2.75, 3.05) is 12.4 Å². The summed E-state index contributed by atoms with van der Waals surface area (Å²) >= 11 is 2.95. The predicted octanol–water partition coefficient (Wildman–Crippen LogP) is 2.35. The highest BCUT2D eigenvalue weighted by Crippen LogP contribution is 2.26. The standard InChI is InChI=1S/C18H22N4O4S2/c1-5-26-17(24)14-9(3)19-18(25)20-11(14)6-27-7-12-21-15(23)13-8(2)10(4)28-16(13)22-12/h9H,5-7H2,1-4H3,(H2,19,20,25)(H,21,22,23)/t9-/m1/s1. The van der Waals surface area contributed by atoms with Crippen LogP contribution in [0.1, 0.15) is 30.1 Å². The maximum absolute atomic E-state index is 12.4. The number of nitrogens with one attached hydrogen (secondary N) is 3. The molecule has 0 aromatic carbocycles. The van der Waals surface area contributed by atoms with Crippen molar-refractivity contribution in [3.05, 3.63) is 37.9 Å². The topological polar surface area (TPSA) is 113 Å². The normalized spacial score (nSPS) is 16.9. The van der Waals surface area contributed by atoms with Crippen molar-refractivity contribution in [2.24, 2.45) is 0 Å². The number of aromatic nitrogens is 2. The third-order valence-corrected chi connectivity index (χ3v) is 6.51. The van der Waals surface area contributed by atoms with E-state index in [0.717, 1.165) is 15.3 Å². The minimum Gasteiger partial charge on any atom is -0.463 e. The monoisotopic (exact) mass is 422 g/mol. The molecule has 28 heavy (non-hydrogen) atoms. The molecule has 1 aliphatic rings. The molecular formula is C18H22N4O4S2. The molecule has 150 valence electrons. The van der Waals surface area contributed by atoms with E-state index in [1.165, 1.54) is 23.1 Å². The van der Waals surface area contributed by atoms with Crippen LogP contribution in [0.2, 0.25) is 0 Å². The van der Waals surface area contributed by atoms with E-state index >= 15 is 0 Å². The van der Waals surface area contributed by atoms with Crippen LogP contribution in [0.3, 0.4) is 0 Å². The number of carbonyl (C=O) groups is 2. The molecule has 3 N–H and O–H groups in total. The molecule has 1 aliphatic heterocycles. The highest BCUT2D eigenvalue weighted by atomic mass is 32.2. The molecule has 3 heterocycles. The van der Waals surface area contributed by atoms with Crippen LogP contribution in [0.4, 0.5) is 4.79 Å². The number of rotatable bonds is 6. The van der Waals surface area contributed by atoms with Crippen molar-refractivity contribution >= 4 is 45.3 Å². The molecule has 0 unspecified atom stereocenters. The summed E-state index contributed by atoms with van der Waals surface area (Å²) < 4.78 is 5.10. The molecule has 0 radical (unpaired) electrons. The first-order valence-electron chi connectivity index (χ1n) is 8.86. The summed E-state index contributed by atoms with van der Waals surface area (Å²) in [5.74, 6) is 0.945. The quantitative estimate of drug-likeness (QED) is 0.616. The van der Waals surface area contributed by atoms with Gasteiger partial charge in [0.1, 0.15) is 10.7 Å². The number of aromatic amines is 1. The molecule has 2 aromatic heterocycles. The lowest BCUT2D eigenvalue weighted by atomic mass is 10.1. The van der Waals surface area contributed by atoms with Gasteiger partial charge in [0, 0.05) is 16.3 Å². The molecular weight excluding hydrogens is 400 g/mol. The number of H-pyrrole nitrogens is 1. The number of aryl methyl sites for hydroxylation is 2. The summed E-state index contributed by atoms with van der Waals surface area (Å²) in [4.78, 5) is 45.6. The third kappa shape index (κ3) is 4.07. The number of amides is 2. The highest BCUT2D eigenvalue weighted by molar-refractivity contribution is 7.98. The van der Waals surface area contributed by atoms with Gasteiger partial charge in [-0.05, 0) is 33.3 Å². The van der Waals surface area contributed by atoms with E-state index in [1.54, 1.807) is 13.8 Å². The maximum atomic E-state index is 12.4. The number of fused-ring (bicyclic) bond motifs is 1. The van der Waals surface area contributed by atoms with Crippen molar-refractivity contribution in [1.29, 1.82) is 0 Å². The number of hydrogen-bond acceptors (Lipinski definition) is 7. The second-order valence-electron chi connectivity index (χ2n) is 6.40. The molecule has 0 bridgehead atoms. The summed E-state index contributed by atoms with van der Waals surface area (Å²) in [5, 5.41) is 6.00. The van der Waals surface area contributed by atoms with Crippen LogP contribution in [0.15, 0.2) is 16.1 Å². The summed E-state index contributed by atoms with van der Waals surface area (Å²) in [5.41, 5.74) is 1.75. The summed E-state index contributed by atoms with van der Waals surface area (Å²) in [6, 6.07) is -0.789. The van der Waals surface area contributed by atoms with Crippen molar-refractivity contribution in [1.82, 2.24) is 20.6 Å². The average Bonchev–Trinajstić information content (AvgIpc) is 2.89. The first-order valence-corrected chi connectivity index (χ1v) is 10.8. The zero-order valence-corrected chi connectivity index (χ0v) is 17.7. The van der Waals surface area contributed by atoms with Gasteiger partial charge in [-0.2, -0.15) is 0 Å². The fourth-order valence-electron chi connectivity index (χ4n) is 3.01. The smallest absolute Gasteiger partial charge is 0.337 e. The van der Waals surface area contributed by atoms with Crippen LogP contribution in [-0.2, 0) is 15.3 Å². The number of carbonyl (C=O) groups excluding carboxylic acids is 2. The molecule has 0 saturated carbocycles. The van der Waals surface area contributed by atoms with Gasteiger partial charge in [0.25, 0.3) is 5.56 Å². The maximum Gasteiger partial charge on any atom is 0.337 e. The van der Waals surface area contributed by atoms with E-state index in [-0.39, 0.29) is 18.2 Å². The lowest BCUT2D eigenvalue weighted by molar-refractivity contribution is -0.138. The van der Waals surface area contributed by atoms with Gasteiger partial charge >= 0.3 is 12.0 Å². The van der Waals surface area contributed by atoms with Gasteiger partial charge in [-0.1, -0.05) is 0 Å². The molecule has 0 fully saturated rings. The summed E-state index contributed by atoms with van der Waals surface area (Å²) in [7, 11) is 0. The van der Waals surface area contributed by atoms with E-state index in [0.29, 0.717) is 34.0 Å². The van der Waals surface area contributed by atoms with Gasteiger partial charge < -0.3 is 20.4 Å². The highest BCUT2D eigenvalue weighted by Gasteiger charge is 2.29. The number of urea groups is 1. The number of thioether (sulfide) groups is 1. The Bertz CT molecular complexity index is 1020. The first-order chi connectivity index (χ1) is 13.3. The van der Waals surface area contributed by atoms with Gasteiger partial charge in [0.15, 0.2) is 0 Å². The van der Waals surface area contributed by atoms with Crippen LogP contribution in [0.25, 0.3) is 10.2 Å². The van der Waals surface area contributed by atoms with E-state index in [9.17, 15) is 14.4 Å². The number of nitrogens with zero attached hydrogens (tertiary/aromatic N) is 1. The number of thiophene rings is 1. The minimum atomic E-state index is -0.449. The van der Waals surface area contributed by atoms with Crippen molar-refractivity contribution in [2.45, 2.75) is 39.5 Å². The van der Waals surface area contributed by atoms with Crippen molar-refractivity contribution in [3.8, 4) is 0 Å². The second kappa shape index (κ2) is 8.36. The Hall–Kier alpha value is -2.33. The number of ether oxygens (including phenoxy) is 1. The molecule has 2 aromatic rings. The lowest BCUT2D eigenvalue weighted by Crippen LogP contribution is -2.49.